The Balaban J connectivity index is 3.00. The van der Waals surface area contributed by atoms with Gasteiger partial charge in [0.15, 0.2) is 0 Å². The predicted octanol–water partition coefficient (Wildman–Crippen LogP) is 2.94. The molecule has 1 atom stereocenters. The SMILES string of the molecule is C=CC(CC(C)=O)c1ccccc1OC. The second-order valence-corrected chi connectivity index (χ2v) is 3.49. The smallest absolute Gasteiger partial charge is 0.130 e. The van der Waals surface area contributed by atoms with Crippen LogP contribution in [0.25, 0.3) is 0 Å². The number of Topliss-reactive ketones (excluding diaryl/α,β-unsaturated/α-hetero) is 1. The molecule has 0 fully saturated rings. The van der Waals surface area contributed by atoms with Crippen molar-refractivity contribution < 1.29 is 9.53 Å². The van der Waals surface area contributed by atoms with Gasteiger partial charge in [0, 0.05) is 17.9 Å². The van der Waals surface area contributed by atoms with Gasteiger partial charge in [-0.2, -0.15) is 0 Å². The highest BCUT2D eigenvalue weighted by atomic mass is 16.5. The Kier molecular flexibility index (Phi) is 4.10. The van der Waals surface area contributed by atoms with Crippen LogP contribution < -0.4 is 4.74 Å². The van der Waals surface area contributed by atoms with Crippen LogP contribution in [0.5, 0.6) is 5.75 Å². The van der Waals surface area contributed by atoms with E-state index in [2.05, 4.69) is 6.58 Å². The number of carbonyl (C=O) groups is 1. The fraction of sp³-hybridized carbons (Fsp3) is 0.308. The Morgan fingerprint density at radius 2 is 2.20 bits per heavy atom. The summed E-state index contributed by atoms with van der Waals surface area (Å²) in [7, 11) is 1.63. The maximum Gasteiger partial charge on any atom is 0.130 e. The van der Waals surface area contributed by atoms with E-state index >= 15 is 0 Å². The van der Waals surface area contributed by atoms with Crippen molar-refractivity contribution in [2.24, 2.45) is 0 Å². The number of carbonyl (C=O) groups excluding carboxylic acids is 1. The number of hydrogen-bond acceptors (Lipinski definition) is 2. The summed E-state index contributed by atoms with van der Waals surface area (Å²) >= 11 is 0. The monoisotopic (exact) mass is 204 g/mol. The lowest BCUT2D eigenvalue weighted by Gasteiger charge is -2.14. The number of benzene rings is 1. The average molecular weight is 204 g/mol. The van der Waals surface area contributed by atoms with Gasteiger partial charge in [0.1, 0.15) is 11.5 Å². The second-order valence-electron chi connectivity index (χ2n) is 3.49. The molecule has 0 bridgehead atoms. The molecule has 0 aliphatic heterocycles. The molecule has 0 spiro atoms. The minimum absolute atomic E-state index is 0.0404. The van der Waals surface area contributed by atoms with Gasteiger partial charge < -0.3 is 4.74 Å². The summed E-state index contributed by atoms with van der Waals surface area (Å²) in [5, 5.41) is 0. The maximum absolute atomic E-state index is 11.1. The first-order valence-electron chi connectivity index (χ1n) is 4.94. The van der Waals surface area contributed by atoms with Crippen LogP contribution in [0.1, 0.15) is 24.8 Å². The van der Waals surface area contributed by atoms with E-state index in [1.165, 1.54) is 0 Å². The number of hydrogen-bond donors (Lipinski definition) is 0. The van der Waals surface area contributed by atoms with E-state index in [0.29, 0.717) is 6.42 Å². The standard InChI is InChI=1S/C13H16O2/c1-4-11(9-10(2)14)12-7-5-6-8-13(12)15-3/h4-8,11H,1,9H2,2-3H3. The molecule has 0 N–H and O–H groups in total. The van der Waals surface area contributed by atoms with Gasteiger partial charge in [0.2, 0.25) is 0 Å². The van der Waals surface area contributed by atoms with Gasteiger partial charge >= 0.3 is 0 Å². The molecule has 2 nitrogen and oxygen atoms in total. The lowest BCUT2D eigenvalue weighted by molar-refractivity contribution is -0.117. The van der Waals surface area contributed by atoms with Gasteiger partial charge in [-0.1, -0.05) is 24.3 Å². The first-order chi connectivity index (χ1) is 7.19. The molecule has 15 heavy (non-hydrogen) atoms. The number of para-hydroxylation sites is 1. The summed E-state index contributed by atoms with van der Waals surface area (Å²) in [5.41, 5.74) is 1.02. The van der Waals surface area contributed by atoms with Gasteiger partial charge in [-0.3, -0.25) is 4.79 Å². The fourth-order valence-corrected chi connectivity index (χ4v) is 1.60. The summed E-state index contributed by atoms with van der Waals surface area (Å²) in [6.07, 6.45) is 2.27. The van der Waals surface area contributed by atoms with Gasteiger partial charge in [-0.25, -0.2) is 0 Å². The van der Waals surface area contributed by atoms with Crippen LogP contribution in [0.2, 0.25) is 0 Å². The van der Waals surface area contributed by atoms with Gasteiger partial charge in [0.25, 0.3) is 0 Å². The van der Waals surface area contributed by atoms with Crippen LogP contribution in [0, 0.1) is 0 Å². The van der Waals surface area contributed by atoms with E-state index in [9.17, 15) is 4.79 Å². The van der Waals surface area contributed by atoms with E-state index in [4.69, 9.17) is 4.74 Å². The molecule has 1 rings (SSSR count). The van der Waals surface area contributed by atoms with Crippen molar-refractivity contribution in [2.75, 3.05) is 7.11 Å². The Bertz CT molecular complexity index is 355. The quantitative estimate of drug-likeness (QED) is 0.689. The summed E-state index contributed by atoms with van der Waals surface area (Å²) in [4.78, 5) is 11.1. The van der Waals surface area contributed by atoms with Crippen LogP contribution in [-0.2, 0) is 4.79 Å². The van der Waals surface area contributed by atoms with Gasteiger partial charge in [-0.15, -0.1) is 6.58 Å². The summed E-state index contributed by atoms with van der Waals surface area (Å²) < 4.78 is 5.25. The molecule has 0 amide bonds. The lowest BCUT2D eigenvalue weighted by Crippen LogP contribution is -2.03. The number of ketones is 1. The van der Waals surface area contributed by atoms with Crippen molar-refractivity contribution in [3.8, 4) is 5.75 Å². The van der Waals surface area contributed by atoms with E-state index in [1.807, 2.05) is 24.3 Å². The third-order valence-electron chi connectivity index (χ3n) is 2.33. The fourth-order valence-electron chi connectivity index (χ4n) is 1.60. The molecule has 1 aromatic rings. The molecule has 0 aromatic heterocycles. The lowest BCUT2D eigenvalue weighted by atomic mass is 9.93. The molecule has 0 radical (unpaired) electrons. The van der Waals surface area contributed by atoms with Gasteiger partial charge in [0.05, 0.1) is 7.11 Å². The third-order valence-corrected chi connectivity index (χ3v) is 2.33. The minimum atomic E-state index is 0.0404. The normalized spacial score (nSPS) is 11.9. The van der Waals surface area contributed by atoms with Crippen LogP contribution >= 0.6 is 0 Å². The predicted molar refractivity (Wildman–Crippen MR) is 61.2 cm³/mol. The zero-order chi connectivity index (χ0) is 11.3. The number of ether oxygens (including phenoxy) is 1. The third kappa shape index (κ3) is 2.94. The molecule has 80 valence electrons. The molecule has 0 aliphatic carbocycles. The first-order valence-corrected chi connectivity index (χ1v) is 4.94. The molecular weight excluding hydrogens is 188 g/mol. The highest BCUT2D eigenvalue weighted by Gasteiger charge is 2.13. The number of rotatable bonds is 5. The Labute approximate surface area is 90.6 Å². The van der Waals surface area contributed by atoms with E-state index < -0.39 is 0 Å². The number of methoxy groups -OCH3 is 1. The molecule has 1 aromatic carbocycles. The first kappa shape index (κ1) is 11.5. The molecule has 2 heteroatoms. The Morgan fingerprint density at radius 3 is 2.73 bits per heavy atom. The molecule has 1 unspecified atom stereocenters. The Hall–Kier alpha value is -1.57. The average Bonchev–Trinajstić information content (AvgIpc) is 2.25. The topological polar surface area (TPSA) is 26.3 Å². The van der Waals surface area contributed by atoms with Crippen molar-refractivity contribution in [2.45, 2.75) is 19.3 Å². The largest absolute Gasteiger partial charge is 0.496 e. The van der Waals surface area contributed by atoms with Crippen LogP contribution in [0.15, 0.2) is 36.9 Å². The molecule has 0 aliphatic rings. The van der Waals surface area contributed by atoms with Gasteiger partial charge in [-0.05, 0) is 13.0 Å². The van der Waals surface area contributed by atoms with Crippen LogP contribution in [0.4, 0.5) is 0 Å². The van der Waals surface area contributed by atoms with Crippen LogP contribution in [0.3, 0.4) is 0 Å². The zero-order valence-electron chi connectivity index (χ0n) is 9.19. The second kappa shape index (κ2) is 5.35. The number of allylic oxidation sites excluding steroid dienone is 1. The van der Waals surface area contributed by atoms with Crippen molar-refractivity contribution in [1.82, 2.24) is 0 Å². The van der Waals surface area contributed by atoms with E-state index in [1.54, 1.807) is 20.1 Å². The van der Waals surface area contributed by atoms with Crippen molar-refractivity contribution >= 4 is 5.78 Å². The van der Waals surface area contributed by atoms with Crippen LogP contribution in [-0.4, -0.2) is 12.9 Å². The molecule has 0 heterocycles. The highest BCUT2D eigenvalue weighted by molar-refractivity contribution is 5.77. The Morgan fingerprint density at radius 1 is 1.53 bits per heavy atom. The zero-order valence-corrected chi connectivity index (χ0v) is 9.19. The summed E-state index contributed by atoms with van der Waals surface area (Å²) in [6.45, 7) is 5.35. The summed E-state index contributed by atoms with van der Waals surface area (Å²) in [5.74, 6) is 1.01. The molecule has 0 saturated heterocycles. The van der Waals surface area contributed by atoms with Crippen molar-refractivity contribution in [1.29, 1.82) is 0 Å². The molecule has 0 saturated carbocycles. The van der Waals surface area contributed by atoms with E-state index in [0.717, 1.165) is 11.3 Å². The van der Waals surface area contributed by atoms with Crippen molar-refractivity contribution in [3.05, 3.63) is 42.5 Å². The minimum Gasteiger partial charge on any atom is -0.496 e. The highest BCUT2D eigenvalue weighted by Crippen LogP contribution is 2.29. The van der Waals surface area contributed by atoms with Crippen molar-refractivity contribution in [3.63, 3.8) is 0 Å². The van der Waals surface area contributed by atoms with E-state index in [-0.39, 0.29) is 11.7 Å². The molecular formula is C13H16O2. The maximum atomic E-state index is 11.1. The summed E-state index contributed by atoms with van der Waals surface area (Å²) in [6, 6.07) is 7.71.